The standard InChI is InChI=1S/C28H36N8O.3C2HF3O2/c1-18-11-12-22-21(15-18)25(33-23-9-5-6-10-24(23)34-28(29)30)35-26(32-22)27(37)31-20-13-14-36(17-20)16-19-7-3-2-4-8-19;3*3-2(4,5)1(6)7/h2-4,7-8,11-12,15,20,23-24H,5-6,9-10,13-14,16-17H2,1H3,(H,31,37)(H4,29,30,34)(H,32,33,35);3*(H,6,7)/t20-,23?,24?;;;/m1.../s1. The molecule has 1 aliphatic carbocycles. The minimum atomic E-state index is -5.08. The number of anilines is 1. The van der Waals surface area contributed by atoms with Crippen molar-refractivity contribution in [2.45, 2.75) is 82.2 Å². The van der Waals surface area contributed by atoms with Crippen LogP contribution in [0.1, 0.15) is 53.8 Å². The second kappa shape index (κ2) is 21.0. The maximum absolute atomic E-state index is 13.3. The van der Waals surface area contributed by atoms with Crippen LogP contribution in [0.3, 0.4) is 0 Å². The highest BCUT2D eigenvalue weighted by atomic mass is 19.4. The molecule has 1 saturated heterocycles. The van der Waals surface area contributed by atoms with E-state index < -0.39 is 36.4 Å². The monoisotopic (exact) mass is 842 g/mol. The van der Waals surface area contributed by atoms with Gasteiger partial charge in [0, 0.05) is 43.1 Å². The van der Waals surface area contributed by atoms with Crippen molar-refractivity contribution in [3.63, 3.8) is 0 Å². The molecule has 1 aromatic heterocycles. The average Bonchev–Trinajstić information content (AvgIpc) is 3.55. The molecule has 1 saturated carbocycles. The van der Waals surface area contributed by atoms with Gasteiger partial charge >= 0.3 is 36.4 Å². The largest absolute Gasteiger partial charge is 0.490 e. The van der Waals surface area contributed by atoms with Crippen LogP contribution in [0.25, 0.3) is 10.9 Å². The summed E-state index contributed by atoms with van der Waals surface area (Å²) in [6.07, 6.45) is -10.3. The molecule has 0 radical (unpaired) electrons. The number of carboxylic acid groups (broad SMARTS) is 3. The molecule has 2 aromatic carbocycles. The lowest BCUT2D eigenvalue weighted by molar-refractivity contribution is -0.193. The van der Waals surface area contributed by atoms with Crippen LogP contribution >= 0.6 is 0 Å². The van der Waals surface area contributed by atoms with Crippen molar-refractivity contribution < 1.29 is 74.0 Å². The minimum Gasteiger partial charge on any atom is -0.475 e. The number of fused-ring (bicyclic) bond motifs is 1. The van der Waals surface area contributed by atoms with E-state index in [2.05, 4.69) is 50.1 Å². The lowest BCUT2D eigenvalue weighted by Gasteiger charge is -2.33. The molecule has 2 fully saturated rings. The molecular weight excluding hydrogens is 803 g/mol. The van der Waals surface area contributed by atoms with Gasteiger partial charge in [0.15, 0.2) is 5.96 Å². The molecule has 1 amide bonds. The predicted molar refractivity (Wildman–Crippen MR) is 188 cm³/mol. The number of hydrogen-bond donors (Lipinski definition) is 8. The molecule has 2 aliphatic rings. The number of alkyl halides is 9. The first-order valence-corrected chi connectivity index (χ1v) is 16.9. The Kier molecular flexibility index (Phi) is 17.5. The van der Waals surface area contributed by atoms with E-state index in [4.69, 9.17) is 45.8 Å². The van der Waals surface area contributed by atoms with Crippen molar-refractivity contribution in [2.75, 3.05) is 18.4 Å². The molecule has 24 heteroatoms. The Labute approximate surface area is 323 Å². The van der Waals surface area contributed by atoms with Crippen LogP contribution in [0.4, 0.5) is 45.3 Å². The molecule has 9 N–H and O–H groups in total. The summed E-state index contributed by atoms with van der Waals surface area (Å²) >= 11 is 0. The number of likely N-dealkylation sites (tertiary alicyclic amines) is 1. The Balaban J connectivity index is 0.000000453. The Morgan fingerprint density at radius 2 is 1.31 bits per heavy atom. The van der Waals surface area contributed by atoms with Gasteiger partial charge in [-0.15, -0.1) is 0 Å². The van der Waals surface area contributed by atoms with Gasteiger partial charge in [-0.25, -0.2) is 24.4 Å². The quantitative estimate of drug-likeness (QED) is 0.0884. The van der Waals surface area contributed by atoms with Crippen molar-refractivity contribution >= 4 is 46.5 Å². The van der Waals surface area contributed by atoms with E-state index in [1.807, 2.05) is 31.2 Å². The molecule has 2 heterocycles. The second-order valence-corrected chi connectivity index (χ2v) is 12.7. The lowest BCUT2D eigenvalue weighted by Crippen LogP contribution is -2.50. The molecule has 3 atom stereocenters. The van der Waals surface area contributed by atoms with Gasteiger partial charge < -0.3 is 37.0 Å². The number of nitrogens with zero attached hydrogens (tertiary/aromatic N) is 3. The molecule has 15 nitrogen and oxygen atoms in total. The van der Waals surface area contributed by atoms with E-state index in [0.29, 0.717) is 5.82 Å². The van der Waals surface area contributed by atoms with Crippen molar-refractivity contribution in [1.29, 1.82) is 5.41 Å². The third-order valence-electron chi connectivity index (χ3n) is 8.07. The Hall–Kier alpha value is -5.94. The van der Waals surface area contributed by atoms with Crippen LogP contribution in [-0.4, -0.2) is 110 Å². The van der Waals surface area contributed by atoms with Crippen molar-refractivity contribution in [3.8, 4) is 0 Å². The number of amides is 1. The van der Waals surface area contributed by atoms with Gasteiger partial charge in [0.1, 0.15) is 5.82 Å². The zero-order chi connectivity index (χ0) is 44.0. The van der Waals surface area contributed by atoms with Gasteiger partial charge in [0.25, 0.3) is 5.91 Å². The summed E-state index contributed by atoms with van der Waals surface area (Å²) in [4.78, 5) is 51.7. The van der Waals surface area contributed by atoms with Gasteiger partial charge in [-0.3, -0.25) is 15.1 Å². The third-order valence-corrected chi connectivity index (χ3v) is 8.07. The molecule has 3 aromatic rings. The first kappa shape index (κ1) is 48.2. The fourth-order valence-corrected chi connectivity index (χ4v) is 5.49. The first-order valence-electron chi connectivity index (χ1n) is 16.9. The van der Waals surface area contributed by atoms with Crippen LogP contribution < -0.4 is 21.7 Å². The van der Waals surface area contributed by atoms with E-state index in [1.165, 1.54) is 5.56 Å². The molecule has 0 bridgehead atoms. The number of aromatic nitrogens is 2. The zero-order valence-electron chi connectivity index (χ0n) is 30.3. The summed E-state index contributed by atoms with van der Waals surface area (Å²) in [7, 11) is 0. The number of carbonyl (C=O) groups is 4. The van der Waals surface area contributed by atoms with Crippen LogP contribution in [0.2, 0.25) is 0 Å². The SMILES string of the molecule is Cc1ccc2nc(C(=O)N[C@@H]3CCN(Cc4ccccc4)C3)nc(NC3CCCCC3NC(=N)N)c2c1.O=C(O)C(F)(F)F.O=C(O)C(F)(F)F.O=C(O)C(F)(F)F. The van der Waals surface area contributed by atoms with Gasteiger partial charge in [0.2, 0.25) is 5.82 Å². The topological polar surface area (TPSA) is 244 Å². The first-order chi connectivity index (χ1) is 26.8. The fraction of sp³-hybridized carbons (Fsp3) is 0.441. The smallest absolute Gasteiger partial charge is 0.475 e. The number of carboxylic acids is 3. The number of halogens is 9. The van der Waals surface area contributed by atoms with Crippen LogP contribution in [-0.2, 0) is 20.9 Å². The van der Waals surface area contributed by atoms with Crippen LogP contribution in [0.15, 0.2) is 48.5 Å². The number of hydrogen-bond acceptors (Lipinski definition) is 9. The number of aliphatic carboxylic acids is 3. The Morgan fingerprint density at radius 1 is 0.793 bits per heavy atom. The lowest BCUT2D eigenvalue weighted by atomic mass is 9.90. The number of carbonyl (C=O) groups excluding carboxylic acids is 1. The highest BCUT2D eigenvalue weighted by Gasteiger charge is 2.39. The summed E-state index contributed by atoms with van der Waals surface area (Å²) < 4.78 is 95.2. The number of nitrogens with one attached hydrogen (secondary N) is 4. The van der Waals surface area contributed by atoms with Crippen LogP contribution in [0, 0.1) is 12.3 Å². The van der Waals surface area contributed by atoms with Gasteiger partial charge in [-0.05, 0) is 43.9 Å². The number of rotatable bonds is 7. The Bertz CT molecular complexity index is 1820. The third kappa shape index (κ3) is 16.7. The maximum Gasteiger partial charge on any atom is 0.490 e. The second-order valence-electron chi connectivity index (χ2n) is 12.7. The van der Waals surface area contributed by atoms with E-state index >= 15 is 0 Å². The summed E-state index contributed by atoms with van der Waals surface area (Å²) in [5, 5.41) is 39.8. The summed E-state index contributed by atoms with van der Waals surface area (Å²) in [5.41, 5.74) is 8.76. The van der Waals surface area contributed by atoms with E-state index in [0.717, 1.165) is 68.2 Å². The Morgan fingerprint density at radius 3 is 1.81 bits per heavy atom. The van der Waals surface area contributed by atoms with E-state index in [-0.39, 0.29) is 35.8 Å². The molecule has 0 spiro atoms. The van der Waals surface area contributed by atoms with E-state index in [1.54, 1.807) is 0 Å². The summed E-state index contributed by atoms with van der Waals surface area (Å²) in [5.74, 6) is -7.72. The van der Waals surface area contributed by atoms with E-state index in [9.17, 15) is 44.3 Å². The van der Waals surface area contributed by atoms with Gasteiger partial charge in [-0.2, -0.15) is 39.5 Å². The molecule has 2 unspecified atom stereocenters. The van der Waals surface area contributed by atoms with Gasteiger partial charge in [0.05, 0.1) is 5.52 Å². The molecular formula is C34H39F9N8O7. The molecule has 320 valence electrons. The van der Waals surface area contributed by atoms with Gasteiger partial charge in [-0.1, -0.05) is 54.8 Å². The highest BCUT2D eigenvalue weighted by Crippen LogP contribution is 2.27. The fourth-order valence-electron chi connectivity index (χ4n) is 5.49. The average molecular weight is 843 g/mol. The number of benzene rings is 2. The van der Waals surface area contributed by atoms with Crippen molar-refractivity contribution in [1.82, 2.24) is 25.5 Å². The number of aryl methyl sites for hydroxylation is 1. The van der Waals surface area contributed by atoms with Crippen molar-refractivity contribution in [2.24, 2.45) is 5.73 Å². The molecule has 58 heavy (non-hydrogen) atoms. The number of nitrogens with two attached hydrogens (primary N) is 1. The normalized spacial score (nSPS) is 18.1. The minimum absolute atomic E-state index is 0.0278. The van der Waals surface area contributed by atoms with Crippen LogP contribution in [0.5, 0.6) is 0 Å². The number of guanidine groups is 1. The maximum atomic E-state index is 13.3. The van der Waals surface area contributed by atoms with Crippen molar-refractivity contribution in [3.05, 3.63) is 65.5 Å². The summed E-state index contributed by atoms with van der Waals surface area (Å²) in [6.45, 7) is 4.66. The zero-order valence-corrected chi connectivity index (χ0v) is 30.3. The highest BCUT2D eigenvalue weighted by molar-refractivity contribution is 5.97. The molecule has 5 rings (SSSR count). The predicted octanol–water partition coefficient (Wildman–Crippen LogP) is 5.05. The summed E-state index contributed by atoms with van der Waals surface area (Å²) in [6, 6.07) is 16.5. The molecule has 1 aliphatic heterocycles.